The molecule has 0 aliphatic carbocycles. The van der Waals surface area contributed by atoms with Crippen LogP contribution < -0.4 is 5.32 Å². The summed E-state index contributed by atoms with van der Waals surface area (Å²) in [7, 11) is 1.88. The summed E-state index contributed by atoms with van der Waals surface area (Å²) >= 11 is 0. The van der Waals surface area contributed by atoms with Crippen LogP contribution in [0.2, 0.25) is 0 Å². The smallest absolute Gasteiger partial charge is 0.151 e. The van der Waals surface area contributed by atoms with E-state index in [4.69, 9.17) is 0 Å². The van der Waals surface area contributed by atoms with E-state index in [1.807, 2.05) is 26.2 Å². The minimum absolute atomic E-state index is 0.211. The third kappa shape index (κ3) is 2.39. The Balaban J connectivity index is 2.05. The summed E-state index contributed by atoms with van der Waals surface area (Å²) in [5.74, 6) is 0.629. The maximum Gasteiger partial charge on any atom is 0.151 e. The lowest BCUT2D eigenvalue weighted by atomic mass is 10.2. The predicted molar refractivity (Wildman–Crippen MR) is 61.7 cm³/mol. The van der Waals surface area contributed by atoms with E-state index in [0.29, 0.717) is 6.54 Å². The maximum atomic E-state index is 12.9. The van der Waals surface area contributed by atoms with E-state index in [1.165, 1.54) is 12.1 Å². The molecule has 1 N–H and O–H groups in total. The van der Waals surface area contributed by atoms with E-state index in [9.17, 15) is 4.39 Å². The van der Waals surface area contributed by atoms with Crippen molar-refractivity contribution in [3.8, 4) is 0 Å². The summed E-state index contributed by atoms with van der Waals surface area (Å²) in [6, 6.07) is 6.55. The van der Waals surface area contributed by atoms with Gasteiger partial charge in [0, 0.05) is 25.4 Å². The number of nitrogens with one attached hydrogen (secondary N) is 1. The second-order valence-electron chi connectivity index (χ2n) is 3.82. The Kier molecular flexibility index (Phi) is 2.90. The molecule has 84 valence electrons. The monoisotopic (exact) mass is 219 g/mol. The molecular weight excluding hydrogens is 205 g/mol. The van der Waals surface area contributed by atoms with E-state index in [1.54, 1.807) is 10.7 Å². The van der Waals surface area contributed by atoms with Crippen LogP contribution >= 0.6 is 0 Å². The number of anilines is 1. The number of aryl methyl sites for hydroxylation is 2. The number of hydrogen-bond acceptors (Lipinski definition) is 2. The van der Waals surface area contributed by atoms with Crippen LogP contribution in [0, 0.1) is 12.7 Å². The Morgan fingerprint density at radius 1 is 1.44 bits per heavy atom. The van der Waals surface area contributed by atoms with Crippen LogP contribution in [-0.2, 0) is 13.6 Å². The van der Waals surface area contributed by atoms with Crippen molar-refractivity contribution in [3.63, 3.8) is 0 Å². The Labute approximate surface area is 93.9 Å². The topological polar surface area (TPSA) is 29.9 Å². The number of rotatable bonds is 3. The van der Waals surface area contributed by atoms with E-state index in [2.05, 4.69) is 10.4 Å². The van der Waals surface area contributed by atoms with Gasteiger partial charge in [-0.3, -0.25) is 4.68 Å². The number of benzene rings is 1. The van der Waals surface area contributed by atoms with E-state index >= 15 is 0 Å². The van der Waals surface area contributed by atoms with Gasteiger partial charge in [0.05, 0.1) is 0 Å². The zero-order valence-electron chi connectivity index (χ0n) is 9.37. The van der Waals surface area contributed by atoms with Gasteiger partial charge in [0.1, 0.15) is 5.82 Å². The molecule has 0 saturated carbocycles. The van der Waals surface area contributed by atoms with Crippen LogP contribution in [0.4, 0.5) is 10.2 Å². The largest absolute Gasteiger partial charge is 0.364 e. The van der Waals surface area contributed by atoms with Crippen molar-refractivity contribution in [3.05, 3.63) is 47.4 Å². The Morgan fingerprint density at radius 2 is 2.25 bits per heavy atom. The van der Waals surface area contributed by atoms with Crippen molar-refractivity contribution in [2.75, 3.05) is 5.32 Å². The summed E-state index contributed by atoms with van der Waals surface area (Å²) in [6.07, 6.45) is 1.94. The van der Waals surface area contributed by atoms with Gasteiger partial charge in [-0.15, -0.1) is 0 Å². The molecule has 16 heavy (non-hydrogen) atoms. The van der Waals surface area contributed by atoms with E-state index < -0.39 is 0 Å². The van der Waals surface area contributed by atoms with Gasteiger partial charge in [-0.2, -0.15) is 5.10 Å². The fourth-order valence-electron chi connectivity index (χ4n) is 1.61. The second-order valence-corrected chi connectivity index (χ2v) is 3.82. The van der Waals surface area contributed by atoms with Gasteiger partial charge in [-0.25, -0.2) is 4.39 Å². The van der Waals surface area contributed by atoms with Gasteiger partial charge in [0.2, 0.25) is 0 Å². The Hall–Kier alpha value is -1.84. The lowest BCUT2D eigenvalue weighted by Crippen LogP contribution is -2.02. The maximum absolute atomic E-state index is 12.9. The molecule has 0 amide bonds. The van der Waals surface area contributed by atoms with Gasteiger partial charge in [-0.05, 0) is 24.6 Å². The summed E-state index contributed by atoms with van der Waals surface area (Å²) < 4.78 is 14.7. The molecule has 0 aliphatic rings. The molecule has 0 radical (unpaired) electrons. The van der Waals surface area contributed by atoms with E-state index in [-0.39, 0.29) is 5.82 Å². The first-order chi connectivity index (χ1) is 7.65. The van der Waals surface area contributed by atoms with Gasteiger partial charge in [-0.1, -0.05) is 12.1 Å². The Morgan fingerprint density at radius 3 is 2.88 bits per heavy atom. The summed E-state index contributed by atoms with van der Waals surface area (Å²) in [5, 5.41) is 7.44. The van der Waals surface area contributed by atoms with Crippen LogP contribution in [0.3, 0.4) is 0 Å². The van der Waals surface area contributed by atoms with Crippen LogP contribution in [0.5, 0.6) is 0 Å². The predicted octanol–water partition coefficient (Wildman–Crippen LogP) is 2.48. The minimum atomic E-state index is -0.211. The van der Waals surface area contributed by atoms with Crippen LogP contribution in [0.1, 0.15) is 11.1 Å². The summed E-state index contributed by atoms with van der Waals surface area (Å²) in [5.41, 5.74) is 1.99. The van der Waals surface area contributed by atoms with Crippen molar-refractivity contribution < 1.29 is 4.39 Å². The zero-order chi connectivity index (χ0) is 11.5. The highest BCUT2D eigenvalue weighted by molar-refractivity contribution is 5.42. The summed E-state index contributed by atoms with van der Waals surface area (Å²) in [4.78, 5) is 0. The average molecular weight is 219 g/mol. The second kappa shape index (κ2) is 4.35. The average Bonchev–Trinajstić information content (AvgIpc) is 2.54. The molecule has 0 unspecified atom stereocenters. The molecule has 2 rings (SSSR count). The van der Waals surface area contributed by atoms with Gasteiger partial charge < -0.3 is 5.32 Å². The van der Waals surface area contributed by atoms with Crippen LogP contribution in [0.25, 0.3) is 0 Å². The summed E-state index contributed by atoms with van der Waals surface area (Å²) in [6.45, 7) is 2.57. The third-order valence-corrected chi connectivity index (χ3v) is 2.36. The molecule has 0 atom stereocenters. The Bertz CT molecular complexity index is 491. The fourth-order valence-corrected chi connectivity index (χ4v) is 1.61. The number of aromatic nitrogens is 2. The van der Waals surface area contributed by atoms with Gasteiger partial charge in [0.25, 0.3) is 0 Å². The highest BCUT2D eigenvalue weighted by Gasteiger charge is 2.02. The molecule has 1 aromatic carbocycles. The van der Waals surface area contributed by atoms with Crippen molar-refractivity contribution in [1.29, 1.82) is 0 Å². The molecule has 0 aliphatic heterocycles. The fraction of sp³-hybridized carbons (Fsp3) is 0.250. The molecule has 1 aromatic heterocycles. The molecule has 2 aromatic rings. The van der Waals surface area contributed by atoms with Gasteiger partial charge >= 0.3 is 0 Å². The highest BCUT2D eigenvalue weighted by atomic mass is 19.1. The molecule has 0 saturated heterocycles. The highest BCUT2D eigenvalue weighted by Crippen LogP contribution is 2.12. The van der Waals surface area contributed by atoms with Crippen LogP contribution in [-0.4, -0.2) is 9.78 Å². The molecule has 0 fully saturated rings. The lowest BCUT2D eigenvalue weighted by Gasteiger charge is -2.04. The first-order valence-corrected chi connectivity index (χ1v) is 5.14. The normalized spacial score (nSPS) is 10.4. The SMILES string of the molecule is Cc1cn(C)nc1NCc1cccc(F)c1. The molecular formula is C12H14FN3. The minimum Gasteiger partial charge on any atom is -0.364 e. The molecule has 1 heterocycles. The first kappa shape index (κ1) is 10.7. The molecule has 3 nitrogen and oxygen atoms in total. The van der Waals surface area contributed by atoms with Crippen molar-refractivity contribution >= 4 is 5.82 Å². The standard InChI is InChI=1S/C12H14FN3/c1-9-8-16(2)15-12(9)14-7-10-4-3-5-11(13)6-10/h3-6,8H,7H2,1-2H3,(H,14,15). The number of halogens is 1. The number of nitrogens with zero attached hydrogens (tertiary/aromatic N) is 2. The third-order valence-electron chi connectivity index (χ3n) is 2.36. The first-order valence-electron chi connectivity index (χ1n) is 5.14. The van der Waals surface area contributed by atoms with Crippen molar-refractivity contribution in [1.82, 2.24) is 9.78 Å². The molecule has 0 spiro atoms. The van der Waals surface area contributed by atoms with Crippen molar-refractivity contribution in [2.24, 2.45) is 7.05 Å². The quantitative estimate of drug-likeness (QED) is 0.859. The molecule has 0 bridgehead atoms. The van der Waals surface area contributed by atoms with Crippen molar-refractivity contribution in [2.45, 2.75) is 13.5 Å². The zero-order valence-corrected chi connectivity index (χ0v) is 9.37. The lowest BCUT2D eigenvalue weighted by molar-refractivity contribution is 0.626. The molecule has 4 heteroatoms. The number of hydrogen-bond donors (Lipinski definition) is 1. The van der Waals surface area contributed by atoms with E-state index in [0.717, 1.165) is 16.9 Å². The van der Waals surface area contributed by atoms with Crippen LogP contribution in [0.15, 0.2) is 30.5 Å². The van der Waals surface area contributed by atoms with Gasteiger partial charge in [0.15, 0.2) is 5.82 Å².